The number of carbonyl (C=O) groups is 1. The van der Waals surface area contributed by atoms with Gasteiger partial charge >= 0.3 is 0 Å². The van der Waals surface area contributed by atoms with Gasteiger partial charge in [-0.25, -0.2) is 0 Å². The van der Waals surface area contributed by atoms with Crippen LogP contribution in [0.5, 0.6) is 0 Å². The Morgan fingerprint density at radius 2 is 2.36 bits per heavy atom. The van der Waals surface area contributed by atoms with E-state index < -0.39 is 0 Å². The van der Waals surface area contributed by atoms with Crippen LogP contribution in [0.25, 0.3) is 0 Å². The molecule has 0 bridgehead atoms. The summed E-state index contributed by atoms with van der Waals surface area (Å²) in [6.07, 6.45) is 5.19. The van der Waals surface area contributed by atoms with Gasteiger partial charge in [0.05, 0.1) is 5.41 Å². The van der Waals surface area contributed by atoms with Crippen LogP contribution in [-0.4, -0.2) is 30.4 Å². The van der Waals surface area contributed by atoms with Crippen LogP contribution >= 0.6 is 0 Å². The van der Waals surface area contributed by atoms with Gasteiger partial charge in [-0.05, 0) is 26.2 Å². The zero-order valence-corrected chi connectivity index (χ0v) is 8.75. The van der Waals surface area contributed by atoms with Crippen molar-refractivity contribution in [2.75, 3.05) is 19.6 Å². The van der Waals surface area contributed by atoms with E-state index in [4.69, 9.17) is 5.73 Å². The van der Waals surface area contributed by atoms with E-state index in [9.17, 15) is 4.79 Å². The molecular formula is C11H18N2O. The lowest BCUT2D eigenvalue weighted by Gasteiger charge is -2.29. The van der Waals surface area contributed by atoms with Crippen molar-refractivity contribution in [3.63, 3.8) is 0 Å². The molecule has 0 aromatic carbocycles. The van der Waals surface area contributed by atoms with Crippen LogP contribution in [0.4, 0.5) is 0 Å². The van der Waals surface area contributed by atoms with Crippen molar-refractivity contribution >= 4 is 5.91 Å². The minimum absolute atomic E-state index is 0.169. The Morgan fingerprint density at radius 1 is 1.64 bits per heavy atom. The minimum atomic E-state index is -0.169. The fourth-order valence-electron chi connectivity index (χ4n) is 2.08. The Morgan fingerprint density at radius 3 is 2.86 bits per heavy atom. The smallest absolute Gasteiger partial charge is 0.230 e. The van der Waals surface area contributed by atoms with Crippen molar-refractivity contribution in [3.8, 4) is 0 Å². The number of hydrogen-bond donors (Lipinski definition) is 1. The van der Waals surface area contributed by atoms with Gasteiger partial charge < -0.3 is 10.6 Å². The zero-order chi connectivity index (χ0) is 10.2. The molecule has 2 aliphatic rings. The van der Waals surface area contributed by atoms with E-state index in [1.807, 2.05) is 4.90 Å². The molecular weight excluding hydrogens is 176 g/mol. The summed E-state index contributed by atoms with van der Waals surface area (Å²) in [5.74, 6) is 0.285. The molecule has 1 aliphatic heterocycles. The SMILES string of the molecule is CC1=CCCN(C(=O)C2(CN)CC2)C1. The van der Waals surface area contributed by atoms with Gasteiger partial charge in [-0.2, -0.15) is 0 Å². The second kappa shape index (κ2) is 3.39. The Balaban J connectivity index is 2.02. The van der Waals surface area contributed by atoms with Crippen molar-refractivity contribution in [2.45, 2.75) is 26.2 Å². The third kappa shape index (κ3) is 1.57. The zero-order valence-electron chi connectivity index (χ0n) is 8.75. The van der Waals surface area contributed by atoms with E-state index >= 15 is 0 Å². The summed E-state index contributed by atoms with van der Waals surface area (Å²) in [6, 6.07) is 0. The summed E-state index contributed by atoms with van der Waals surface area (Å²) < 4.78 is 0. The number of rotatable bonds is 2. The Bertz CT molecular complexity index is 279. The largest absolute Gasteiger partial charge is 0.338 e. The average molecular weight is 194 g/mol. The normalized spacial score (nSPS) is 24.4. The Labute approximate surface area is 84.9 Å². The maximum atomic E-state index is 12.1. The molecule has 0 aromatic heterocycles. The van der Waals surface area contributed by atoms with Crippen LogP contribution in [0.15, 0.2) is 11.6 Å². The number of carbonyl (C=O) groups excluding carboxylic acids is 1. The van der Waals surface area contributed by atoms with Crippen LogP contribution in [0, 0.1) is 5.41 Å². The first-order valence-electron chi connectivity index (χ1n) is 5.33. The lowest BCUT2D eigenvalue weighted by atomic mass is 10.0. The summed E-state index contributed by atoms with van der Waals surface area (Å²) >= 11 is 0. The minimum Gasteiger partial charge on any atom is -0.338 e. The molecule has 2 N–H and O–H groups in total. The topological polar surface area (TPSA) is 46.3 Å². The fourth-order valence-corrected chi connectivity index (χ4v) is 2.08. The number of nitrogens with two attached hydrogens (primary N) is 1. The molecule has 2 rings (SSSR count). The van der Waals surface area contributed by atoms with E-state index in [-0.39, 0.29) is 11.3 Å². The molecule has 0 saturated heterocycles. The van der Waals surface area contributed by atoms with Crippen molar-refractivity contribution in [2.24, 2.45) is 11.1 Å². The molecule has 78 valence electrons. The molecule has 1 amide bonds. The van der Waals surface area contributed by atoms with Crippen molar-refractivity contribution < 1.29 is 4.79 Å². The molecule has 0 atom stereocenters. The van der Waals surface area contributed by atoms with Crippen molar-refractivity contribution in [3.05, 3.63) is 11.6 Å². The van der Waals surface area contributed by atoms with Gasteiger partial charge in [0.2, 0.25) is 5.91 Å². The van der Waals surface area contributed by atoms with E-state index in [2.05, 4.69) is 13.0 Å². The molecule has 0 aromatic rings. The van der Waals surface area contributed by atoms with Gasteiger partial charge in [0.1, 0.15) is 0 Å². The lowest BCUT2D eigenvalue weighted by Crippen LogP contribution is -2.42. The van der Waals surface area contributed by atoms with Gasteiger partial charge in [-0.15, -0.1) is 0 Å². The van der Waals surface area contributed by atoms with Gasteiger partial charge in [-0.3, -0.25) is 4.79 Å². The Hall–Kier alpha value is -0.830. The van der Waals surface area contributed by atoms with Gasteiger partial charge in [0, 0.05) is 19.6 Å². The van der Waals surface area contributed by atoms with Crippen LogP contribution in [0.1, 0.15) is 26.2 Å². The molecule has 3 nitrogen and oxygen atoms in total. The Kier molecular flexibility index (Phi) is 2.35. The number of hydrogen-bond acceptors (Lipinski definition) is 2. The highest BCUT2D eigenvalue weighted by molar-refractivity contribution is 5.86. The first kappa shape index (κ1) is 9.71. The van der Waals surface area contributed by atoms with Crippen LogP contribution in [0.2, 0.25) is 0 Å². The highest BCUT2D eigenvalue weighted by Crippen LogP contribution is 2.46. The molecule has 0 spiro atoms. The quantitative estimate of drug-likeness (QED) is 0.664. The molecule has 1 heterocycles. The molecule has 0 unspecified atom stereocenters. The van der Waals surface area contributed by atoms with Gasteiger partial charge in [0.15, 0.2) is 0 Å². The molecule has 1 saturated carbocycles. The van der Waals surface area contributed by atoms with Crippen LogP contribution in [0.3, 0.4) is 0 Å². The first-order chi connectivity index (χ1) is 6.68. The van der Waals surface area contributed by atoms with E-state index in [0.717, 1.165) is 32.4 Å². The van der Waals surface area contributed by atoms with E-state index in [1.165, 1.54) is 5.57 Å². The molecule has 0 radical (unpaired) electrons. The predicted molar refractivity (Wildman–Crippen MR) is 55.7 cm³/mol. The maximum absolute atomic E-state index is 12.1. The first-order valence-corrected chi connectivity index (χ1v) is 5.33. The number of amides is 1. The summed E-state index contributed by atoms with van der Waals surface area (Å²) in [7, 11) is 0. The van der Waals surface area contributed by atoms with Crippen molar-refractivity contribution in [1.82, 2.24) is 4.90 Å². The fraction of sp³-hybridized carbons (Fsp3) is 0.727. The van der Waals surface area contributed by atoms with Gasteiger partial charge in [-0.1, -0.05) is 11.6 Å². The average Bonchev–Trinajstić information content (AvgIpc) is 2.97. The standard InChI is InChI=1S/C11H18N2O/c1-9-3-2-6-13(7-9)10(14)11(8-12)4-5-11/h3H,2,4-8,12H2,1H3. The third-order valence-corrected chi connectivity index (χ3v) is 3.32. The van der Waals surface area contributed by atoms with E-state index in [0.29, 0.717) is 6.54 Å². The summed E-state index contributed by atoms with van der Waals surface area (Å²) in [6.45, 7) is 4.28. The second-order valence-electron chi connectivity index (χ2n) is 4.55. The summed E-state index contributed by atoms with van der Waals surface area (Å²) in [5.41, 5.74) is 6.78. The third-order valence-electron chi connectivity index (χ3n) is 3.32. The second-order valence-corrected chi connectivity index (χ2v) is 4.55. The molecule has 14 heavy (non-hydrogen) atoms. The molecule has 1 aliphatic carbocycles. The molecule has 3 heteroatoms. The van der Waals surface area contributed by atoms with Crippen molar-refractivity contribution in [1.29, 1.82) is 0 Å². The number of nitrogens with zero attached hydrogens (tertiary/aromatic N) is 1. The summed E-state index contributed by atoms with van der Waals surface area (Å²) in [5, 5.41) is 0. The van der Waals surface area contributed by atoms with Crippen LogP contribution < -0.4 is 5.73 Å². The predicted octanol–water partition coefficient (Wildman–Crippen LogP) is 0.904. The highest BCUT2D eigenvalue weighted by atomic mass is 16.2. The monoisotopic (exact) mass is 194 g/mol. The molecule has 1 fully saturated rings. The summed E-state index contributed by atoms with van der Waals surface area (Å²) in [4.78, 5) is 14.0. The van der Waals surface area contributed by atoms with Gasteiger partial charge in [0.25, 0.3) is 0 Å². The highest BCUT2D eigenvalue weighted by Gasteiger charge is 2.50. The van der Waals surface area contributed by atoms with Crippen LogP contribution in [-0.2, 0) is 4.79 Å². The lowest BCUT2D eigenvalue weighted by molar-refractivity contribution is -0.136. The maximum Gasteiger partial charge on any atom is 0.230 e. The van der Waals surface area contributed by atoms with E-state index in [1.54, 1.807) is 0 Å².